The van der Waals surface area contributed by atoms with E-state index < -0.39 is 11.8 Å². The van der Waals surface area contributed by atoms with Gasteiger partial charge in [-0.1, -0.05) is 23.7 Å². The van der Waals surface area contributed by atoms with Gasteiger partial charge in [0.05, 0.1) is 0 Å². The third-order valence-electron chi connectivity index (χ3n) is 4.64. The third-order valence-corrected chi connectivity index (χ3v) is 4.88. The number of hydrogen-bond acceptors (Lipinski definition) is 3. The van der Waals surface area contributed by atoms with Gasteiger partial charge >= 0.3 is 11.8 Å². The maximum absolute atomic E-state index is 12.0. The van der Waals surface area contributed by atoms with Crippen LogP contribution in [0.4, 0.5) is 11.4 Å². The van der Waals surface area contributed by atoms with Crippen LogP contribution >= 0.6 is 11.6 Å². The van der Waals surface area contributed by atoms with Crippen LogP contribution in [0.25, 0.3) is 0 Å². The molecule has 0 radical (unpaired) electrons. The van der Waals surface area contributed by atoms with Crippen molar-refractivity contribution < 1.29 is 9.59 Å². The zero-order valence-electron chi connectivity index (χ0n) is 15.2. The number of carbonyl (C=O) groups is 2. The number of amides is 2. The molecular formula is C21H24ClN3O2. The highest BCUT2D eigenvalue weighted by Gasteiger charge is 2.14. The first-order valence-corrected chi connectivity index (χ1v) is 9.68. The van der Waals surface area contributed by atoms with E-state index >= 15 is 0 Å². The highest BCUT2D eigenvalue weighted by atomic mass is 35.5. The molecule has 27 heavy (non-hydrogen) atoms. The van der Waals surface area contributed by atoms with Crippen molar-refractivity contribution >= 4 is 34.8 Å². The highest BCUT2D eigenvalue weighted by Crippen LogP contribution is 2.21. The smallest absolute Gasteiger partial charge is 0.313 e. The third kappa shape index (κ3) is 5.73. The first-order chi connectivity index (χ1) is 13.1. The number of anilines is 2. The summed E-state index contributed by atoms with van der Waals surface area (Å²) in [7, 11) is 0. The molecule has 0 aromatic heterocycles. The predicted molar refractivity (Wildman–Crippen MR) is 109 cm³/mol. The lowest BCUT2D eigenvalue weighted by molar-refractivity contribution is -0.136. The average Bonchev–Trinajstić information content (AvgIpc) is 2.69. The minimum Gasteiger partial charge on any atom is -0.372 e. The molecule has 6 heteroatoms. The van der Waals surface area contributed by atoms with Gasteiger partial charge in [-0.3, -0.25) is 9.59 Å². The molecule has 2 aromatic carbocycles. The number of rotatable bonds is 5. The monoisotopic (exact) mass is 385 g/mol. The van der Waals surface area contributed by atoms with Crippen LogP contribution in [0.5, 0.6) is 0 Å². The second kappa shape index (κ2) is 9.42. The van der Waals surface area contributed by atoms with Crippen LogP contribution in [-0.4, -0.2) is 31.4 Å². The van der Waals surface area contributed by atoms with Crippen LogP contribution in [0.15, 0.2) is 48.5 Å². The van der Waals surface area contributed by atoms with Crippen molar-refractivity contribution in [3.05, 3.63) is 59.1 Å². The van der Waals surface area contributed by atoms with Gasteiger partial charge in [0.2, 0.25) is 0 Å². The van der Waals surface area contributed by atoms with Crippen LogP contribution in [-0.2, 0) is 16.0 Å². The van der Waals surface area contributed by atoms with Crippen molar-refractivity contribution in [2.24, 2.45) is 0 Å². The maximum atomic E-state index is 12.0. The Bertz CT molecular complexity index is 786. The van der Waals surface area contributed by atoms with Crippen molar-refractivity contribution in [1.82, 2.24) is 5.32 Å². The van der Waals surface area contributed by atoms with Gasteiger partial charge in [0.15, 0.2) is 0 Å². The Morgan fingerprint density at radius 2 is 1.70 bits per heavy atom. The largest absolute Gasteiger partial charge is 0.372 e. The van der Waals surface area contributed by atoms with Crippen molar-refractivity contribution in [3.8, 4) is 0 Å². The Balaban J connectivity index is 1.45. The minimum absolute atomic E-state index is 0.375. The second-order valence-corrected chi connectivity index (χ2v) is 7.12. The van der Waals surface area contributed by atoms with Gasteiger partial charge in [0, 0.05) is 36.0 Å². The molecule has 0 unspecified atom stereocenters. The molecule has 0 aliphatic carbocycles. The summed E-state index contributed by atoms with van der Waals surface area (Å²) >= 11 is 5.93. The standard InChI is InChI=1S/C21H24ClN3O2/c22-17-6-4-5-16(15-17)11-12-23-20(26)21(27)24-18-7-9-19(10-8-18)25-13-2-1-3-14-25/h4-10,15H,1-3,11-14H2,(H,23,26)(H,24,27). The number of nitrogens with one attached hydrogen (secondary N) is 2. The fourth-order valence-corrected chi connectivity index (χ4v) is 3.40. The highest BCUT2D eigenvalue weighted by molar-refractivity contribution is 6.39. The molecule has 2 N–H and O–H groups in total. The van der Waals surface area contributed by atoms with E-state index in [4.69, 9.17) is 11.6 Å². The van der Waals surface area contributed by atoms with Crippen LogP contribution in [0.3, 0.4) is 0 Å². The van der Waals surface area contributed by atoms with Crippen molar-refractivity contribution in [2.45, 2.75) is 25.7 Å². The van der Waals surface area contributed by atoms with Gasteiger partial charge in [-0.05, 0) is 67.6 Å². The van der Waals surface area contributed by atoms with Gasteiger partial charge in [-0.25, -0.2) is 0 Å². The lowest BCUT2D eigenvalue weighted by Crippen LogP contribution is -2.36. The summed E-state index contributed by atoms with van der Waals surface area (Å²) in [6.07, 6.45) is 4.34. The van der Waals surface area contributed by atoms with E-state index in [2.05, 4.69) is 15.5 Å². The Labute approximate surface area is 164 Å². The fraction of sp³-hybridized carbons (Fsp3) is 0.333. The summed E-state index contributed by atoms with van der Waals surface area (Å²) in [5.74, 6) is -1.30. The van der Waals surface area contributed by atoms with E-state index in [1.54, 1.807) is 6.07 Å². The number of piperidine rings is 1. The Hall–Kier alpha value is -2.53. The van der Waals surface area contributed by atoms with Gasteiger partial charge in [-0.15, -0.1) is 0 Å². The molecule has 3 rings (SSSR count). The number of hydrogen-bond donors (Lipinski definition) is 2. The van der Waals surface area contributed by atoms with Crippen LogP contribution < -0.4 is 15.5 Å². The molecule has 1 aliphatic rings. The molecule has 2 aromatic rings. The lowest BCUT2D eigenvalue weighted by atomic mass is 10.1. The summed E-state index contributed by atoms with van der Waals surface area (Å²) in [5, 5.41) is 5.93. The van der Waals surface area contributed by atoms with E-state index in [-0.39, 0.29) is 0 Å². The van der Waals surface area contributed by atoms with Crippen molar-refractivity contribution in [1.29, 1.82) is 0 Å². The fourth-order valence-electron chi connectivity index (χ4n) is 3.19. The lowest BCUT2D eigenvalue weighted by Gasteiger charge is -2.28. The zero-order valence-corrected chi connectivity index (χ0v) is 16.0. The van der Waals surface area contributed by atoms with Gasteiger partial charge in [0.1, 0.15) is 0 Å². The zero-order chi connectivity index (χ0) is 19.1. The van der Waals surface area contributed by atoms with Gasteiger partial charge in [-0.2, -0.15) is 0 Å². The number of nitrogens with zero attached hydrogens (tertiary/aromatic N) is 1. The summed E-state index contributed by atoms with van der Waals surface area (Å²) in [5.41, 5.74) is 2.78. The first kappa shape index (κ1) is 19.2. The average molecular weight is 386 g/mol. The summed E-state index contributed by atoms with van der Waals surface area (Å²) < 4.78 is 0. The number of carbonyl (C=O) groups excluding carboxylic acids is 2. The van der Waals surface area contributed by atoms with Gasteiger partial charge < -0.3 is 15.5 Å². The molecule has 0 spiro atoms. The Morgan fingerprint density at radius 3 is 2.41 bits per heavy atom. The molecular weight excluding hydrogens is 362 g/mol. The van der Waals surface area contributed by atoms with Gasteiger partial charge in [0.25, 0.3) is 0 Å². The van der Waals surface area contributed by atoms with E-state index in [9.17, 15) is 9.59 Å². The molecule has 1 saturated heterocycles. The number of benzene rings is 2. The molecule has 1 aliphatic heterocycles. The van der Waals surface area contributed by atoms with E-state index in [1.165, 1.54) is 19.3 Å². The van der Waals surface area contributed by atoms with Crippen LogP contribution in [0.2, 0.25) is 5.02 Å². The normalized spacial score (nSPS) is 13.9. The first-order valence-electron chi connectivity index (χ1n) is 9.30. The SMILES string of the molecule is O=C(NCCc1cccc(Cl)c1)C(=O)Nc1ccc(N2CCCCC2)cc1. The number of halogens is 1. The minimum atomic E-state index is -0.660. The second-order valence-electron chi connectivity index (χ2n) is 6.68. The summed E-state index contributed by atoms with van der Waals surface area (Å²) in [6, 6.07) is 15.1. The van der Waals surface area contributed by atoms with E-state index in [0.29, 0.717) is 23.7 Å². The molecule has 0 atom stereocenters. The molecule has 5 nitrogen and oxygen atoms in total. The molecule has 2 amide bonds. The van der Waals surface area contributed by atoms with Crippen LogP contribution in [0, 0.1) is 0 Å². The molecule has 0 bridgehead atoms. The molecule has 1 fully saturated rings. The topological polar surface area (TPSA) is 61.4 Å². The Kier molecular flexibility index (Phi) is 6.71. The quantitative estimate of drug-likeness (QED) is 0.772. The molecule has 142 valence electrons. The summed E-state index contributed by atoms with van der Waals surface area (Å²) in [4.78, 5) is 26.3. The van der Waals surface area contributed by atoms with Crippen molar-refractivity contribution in [3.63, 3.8) is 0 Å². The Morgan fingerprint density at radius 1 is 0.963 bits per heavy atom. The summed E-state index contributed by atoms with van der Waals surface area (Å²) in [6.45, 7) is 2.52. The van der Waals surface area contributed by atoms with E-state index in [1.807, 2.05) is 42.5 Å². The van der Waals surface area contributed by atoms with Crippen LogP contribution in [0.1, 0.15) is 24.8 Å². The van der Waals surface area contributed by atoms with E-state index in [0.717, 1.165) is 24.3 Å². The maximum Gasteiger partial charge on any atom is 0.313 e. The molecule has 1 heterocycles. The predicted octanol–water partition coefficient (Wildman–Crippen LogP) is 3.63. The van der Waals surface area contributed by atoms with Crippen molar-refractivity contribution in [2.75, 3.05) is 29.9 Å². The molecule has 0 saturated carbocycles.